The highest BCUT2D eigenvalue weighted by Gasteiger charge is 2.32. The molecule has 2 heterocycles. The monoisotopic (exact) mass is 419 g/mol. The van der Waals surface area contributed by atoms with E-state index in [1.165, 1.54) is 5.56 Å². The summed E-state index contributed by atoms with van der Waals surface area (Å²) < 4.78 is 7.52. The van der Waals surface area contributed by atoms with Gasteiger partial charge in [0.1, 0.15) is 5.75 Å². The molecule has 31 heavy (non-hydrogen) atoms. The molecule has 1 aliphatic heterocycles. The Morgan fingerprint density at radius 2 is 1.97 bits per heavy atom. The standard InChI is InChI=1S/C24H29N5O2/c1-17-15-28(16-26-17)22-10-9-20(13-23(22)31-4)29-12-11-21(24(29)30)25-14-18-5-7-19(8-6-18)27(2)3/h5-10,13,15-16,21,25H,11-12,14H2,1-4H3. The fourth-order valence-electron chi connectivity index (χ4n) is 3.88. The molecule has 0 spiro atoms. The molecule has 1 unspecified atom stereocenters. The van der Waals surface area contributed by atoms with Gasteiger partial charge in [-0.15, -0.1) is 0 Å². The number of carbonyl (C=O) groups is 1. The highest BCUT2D eigenvalue weighted by atomic mass is 16.5. The van der Waals surface area contributed by atoms with E-state index in [1.54, 1.807) is 13.4 Å². The molecule has 0 saturated carbocycles. The van der Waals surface area contributed by atoms with E-state index >= 15 is 0 Å². The Balaban J connectivity index is 1.43. The van der Waals surface area contributed by atoms with Crippen molar-refractivity contribution >= 4 is 17.3 Å². The first-order chi connectivity index (χ1) is 15.0. The van der Waals surface area contributed by atoms with Gasteiger partial charge in [0.2, 0.25) is 5.91 Å². The van der Waals surface area contributed by atoms with Gasteiger partial charge >= 0.3 is 0 Å². The van der Waals surface area contributed by atoms with E-state index in [0.29, 0.717) is 18.8 Å². The fraction of sp³-hybridized carbons (Fsp3) is 0.333. The van der Waals surface area contributed by atoms with E-state index in [1.807, 2.05) is 54.9 Å². The molecular formula is C24H29N5O2. The second-order valence-corrected chi connectivity index (χ2v) is 8.05. The van der Waals surface area contributed by atoms with Gasteiger partial charge in [0.05, 0.1) is 30.9 Å². The Kier molecular flexibility index (Phi) is 5.95. The molecule has 7 heteroatoms. The molecule has 1 atom stereocenters. The van der Waals surface area contributed by atoms with Crippen LogP contribution in [0.15, 0.2) is 55.0 Å². The zero-order valence-corrected chi connectivity index (χ0v) is 18.5. The summed E-state index contributed by atoms with van der Waals surface area (Å²) >= 11 is 0. The fourth-order valence-corrected chi connectivity index (χ4v) is 3.88. The van der Waals surface area contributed by atoms with Crippen molar-refractivity contribution in [3.63, 3.8) is 0 Å². The number of imidazole rings is 1. The van der Waals surface area contributed by atoms with E-state index in [9.17, 15) is 4.79 Å². The number of benzene rings is 2. The first-order valence-corrected chi connectivity index (χ1v) is 10.5. The molecule has 1 saturated heterocycles. The van der Waals surface area contributed by atoms with Crippen LogP contribution >= 0.6 is 0 Å². The van der Waals surface area contributed by atoms with Crippen molar-refractivity contribution in [1.82, 2.24) is 14.9 Å². The molecule has 1 N–H and O–H groups in total. The van der Waals surface area contributed by atoms with E-state index in [2.05, 4.69) is 39.5 Å². The molecule has 0 radical (unpaired) electrons. The zero-order valence-electron chi connectivity index (χ0n) is 18.5. The largest absolute Gasteiger partial charge is 0.494 e. The molecule has 1 aromatic heterocycles. The first-order valence-electron chi connectivity index (χ1n) is 10.5. The Labute approximate surface area is 183 Å². The topological polar surface area (TPSA) is 62.6 Å². The van der Waals surface area contributed by atoms with Crippen LogP contribution in [0, 0.1) is 6.92 Å². The number of rotatable bonds is 7. The summed E-state index contributed by atoms with van der Waals surface area (Å²) in [5, 5.41) is 3.42. The Bertz CT molecular complexity index is 1060. The van der Waals surface area contributed by atoms with E-state index in [0.717, 1.165) is 29.2 Å². The molecule has 3 aromatic rings. The Hall–Kier alpha value is -3.32. The maximum absolute atomic E-state index is 13.0. The number of nitrogens with one attached hydrogen (secondary N) is 1. The normalized spacial score (nSPS) is 16.1. The molecule has 0 bridgehead atoms. The van der Waals surface area contributed by atoms with Crippen LogP contribution in [0.4, 0.5) is 11.4 Å². The van der Waals surface area contributed by atoms with Crippen molar-refractivity contribution in [3.05, 3.63) is 66.2 Å². The van der Waals surface area contributed by atoms with Crippen molar-refractivity contribution in [3.8, 4) is 11.4 Å². The Morgan fingerprint density at radius 3 is 2.61 bits per heavy atom. The number of anilines is 2. The van der Waals surface area contributed by atoms with Crippen LogP contribution in [0.3, 0.4) is 0 Å². The Morgan fingerprint density at radius 1 is 1.19 bits per heavy atom. The predicted molar refractivity (Wildman–Crippen MR) is 123 cm³/mol. The van der Waals surface area contributed by atoms with Gasteiger partial charge in [0.15, 0.2) is 0 Å². The van der Waals surface area contributed by atoms with Gasteiger partial charge < -0.3 is 24.4 Å². The lowest BCUT2D eigenvalue weighted by Crippen LogP contribution is -2.38. The van der Waals surface area contributed by atoms with Crippen LogP contribution in [0.5, 0.6) is 5.75 Å². The lowest BCUT2D eigenvalue weighted by molar-refractivity contribution is -0.118. The molecule has 2 aromatic carbocycles. The number of nitrogens with zero attached hydrogens (tertiary/aromatic N) is 4. The third-order valence-corrected chi connectivity index (χ3v) is 5.68. The average molecular weight is 420 g/mol. The summed E-state index contributed by atoms with van der Waals surface area (Å²) in [6.45, 7) is 3.30. The van der Waals surface area contributed by atoms with Gasteiger partial charge in [-0.1, -0.05) is 12.1 Å². The molecule has 1 aliphatic rings. The SMILES string of the molecule is COc1cc(N2CCC(NCc3ccc(N(C)C)cc3)C2=O)ccc1-n1cnc(C)c1. The highest BCUT2D eigenvalue weighted by molar-refractivity contribution is 5.99. The smallest absolute Gasteiger partial charge is 0.244 e. The number of aryl methyl sites for hydroxylation is 1. The minimum atomic E-state index is -0.185. The second kappa shape index (κ2) is 8.81. The summed E-state index contributed by atoms with van der Waals surface area (Å²) in [5.74, 6) is 0.804. The zero-order chi connectivity index (χ0) is 22.0. The van der Waals surface area contributed by atoms with Crippen molar-refractivity contribution in [2.24, 2.45) is 0 Å². The maximum atomic E-state index is 13.0. The minimum Gasteiger partial charge on any atom is -0.494 e. The van der Waals surface area contributed by atoms with Gasteiger partial charge in [-0.05, 0) is 43.2 Å². The van der Waals surface area contributed by atoms with Crippen molar-refractivity contribution < 1.29 is 9.53 Å². The van der Waals surface area contributed by atoms with Crippen LogP contribution in [0.1, 0.15) is 17.7 Å². The molecule has 1 fully saturated rings. The molecule has 1 amide bonds. The number of carbonyl (C=O) groups excluding carboxylic acids is 1. The molecular weight excluding hydrogens is 390 g/mol. The lowest BCUT2D eigenvalue weighted by Gasteiger charge is -2.19. The summed E-state index contributed by atoms with van der Waals surface area (Å²) in [6, 6.07) is 14.1. The van der Waals surface area contributed by atoms with Crippen LogP contribution in [0.25, 0.3) is 5.69 Å². The summed E-state index contributed by atoms with van der Waals surface area (Å²) in [5.41, 5.74) is 5.01. The van der Waals surface area contributed by atoms with Gasteiger partial charge in [-0.3, -0.25) is 4.79 Å². The number of methoxy groups -OCH3 is 1. The van der Waals surface area contributed by atoms with Crippen molar-refractivity contribution in [2.45, 2.75) is 25.9 Å². The number of aromatic nitrogens is 2. The first kappa shape index (κ1) is 20.9. The molecule has 162 valence electrons. The highest BCUT2D eigenvalue weighted by Crippen LogP contribution is 2.31. The average Bonchev–Trinajstić information content (AvgIpc) is 3.37. The van der Waals surface area contributed by atoms with Crippen LogP contribution < -0.4 is 19.9 Å². The van der Waals surface area contributed by atoms with Crippen LogP contribution in [-0.2, 0) is 11.3 Å². The lowest BCUT2D eigenvalue weighted by atomic mass is 10.1. The minimum absolute atomic E-state index is 0.0955. The number of ether oxygens (including phenoxy) is 1. The summed E-state index contributed by atoms with van der Waals surface area (Å²) in [4.78, 5) is 21.2. The number of hydrogen-bond acceptors (Lipinski definition) is 5. The van der Waals surface area contributed by atoms with Gasteiger partial charge in [0.25, 0.3) is 0 Å². The van der Waals surface area contributed by atoms with Gasteiger partial charge in [0, 0.05) is 50.8 Å². The maximum Gasteiger partial charge on any atom is 0.244 e. The van der Waals surface area contributed by atoms with Crippen LogP contribution in [-0.4, -0.2) is 49.2 Å². The quantitative estimate of drug-likeness (QED) is 0.637. The third kappa shape index (κ3) is 4.41. The molecule has 4 rings (SSSR count). The van der Waals surface area contributed by atoms with E-state index in [-0.39, 0.29) is 11.9 Å². The van der Waals surface area contributed by atoms with Crippen molar-refractivity contribution in [2.75, 3.05) is 37.5 Å². The molecule has 7 nitrogen and oxygen atoms in total. The van der Waals surface area contributed by atoms with E-state index < -0.39 is 0 Å². The predicted octanol–water partition coefficient (Wildman–Crippen LogP) is 3.15. The van der Waals surface area contributed by atoms with E-state index in [4.69, 9.17) is 4.74 Å². The second-order valence-electron chi connectivity index (χ2n) is 8.05. The number of hydrogen-bond donors (Lipinski definition) is 1. The summed E-state index contributed by atoms with van der Waals surface area (Å²) in [6.07, 6.45) is 4.49. The number of amides is 1. The van der Waals surface area contributed by atoms with Crippen LogP contribution in [0.2, 0.25) is 0 Å². The van der Waals surface area contributed by atoms with Crippen molar-refractivity contribution in [1.29, 1.82) is 0 Å². The van der Waals surface area contributed by atoms with Gasteiger partial charge in [-0.25, -0.2) is 4.98 Å². The molecule has 0 aliphatic carbocycles. The van der Waals surface area contributed by atoms with Gasteiger partial charge in [-0.2, -0.15) is 0 Å². The third-order valence-electron chi connectivity index (χ3n) is 5.68. The summed E-state index contributed by atoms with van der Waals surface area (Å²) in [7, 11) is 5.69.